The number of aryl methyl sites for hydroxylation is 1. The zero-order valence-electron chi connectivity index (χ0n) is 25.7. The lowest BCUT2D eigenvalue weighted by atomic mass is 9.94. The third-order valence-corrected chi connectivity index (χ3v) is 10.1. The minimum atomic E-state index is -0.948. The molecule has 0 saturated carbocycles. The number of aromatic nitrogens is 3. The molecule has 3 N–H and O–H groups in total. The zero-order valence-corrected chi connectivity index (χ0v) is 25.7. The Morgan fingerprint density at radius 3 is 2.69 bits per heavy atom. The van der Waals surface area contributed by atoms with Crippen molar-refractivity contribution in [3.63, 3.8) is 0 Å². The van der Waals surface area contributed by atoms with Crippen LogP contribution in [0, 0.1) is 11.6 Å². The second-order valence-corrected chi connectivity index (χ2v) is 13.2. The van der Waals surface area contributed by atoms with Gasteiger partial charge in [0.1, 0.15) is 35.2 Å². The number of hydrogen-bond acceptors (Lipinski definition) is 9. The standard InChI is InChI=1S/C34H39F2N5O4/c1-3-23-26(35)7-6-20-14-22(43)15-24(27(20)23)29-28(36)30-25(16-37-29)31(40-12-4-9-33(2,44)18-40)39-32(38-30)45-19-34-10-5-13-41(34)21(17-42)8-11-34/h6-7,14-16,21,42-44H,3-5,8-13,17-19H2,1-2H3/t21-,33-,34+/m1/s1. The first-order valence-electron chi connectivity index (χ1n) is 15.9. The molecule has 4 aromatic rings. The summed E-state index contributed by atoms with van der Waals surface area (Å²) < 4.78 is 38.0. The molecule has 3 fully saturated rings. The second-order valence-electron chi connectivity index (χ2n) is 13.2. The SMILES string of the molecule is CCc1c(F)ccc2cc(O)cc(-c3ncc4c(N5CCC[C@@](C)(O)C5)nc(OC[C@@]56CCCN5[C@@H](CO)CC6)nc4c3F)c12. The van der Waals surface area contributed by atoms with Gasteiger partial charge in [-0.1, -0.05) is 13.0 Å². The Kier molecular flexibility index (Phi) is 7.53. The van der Waals surface area contributed by atoms with Crippen molar-refractivity contribution >= 4 is 27.5 Å². The molecule has 0 amide bonds. The van der Waals surface area contributed by atoms with Crippen molar-refractivity contribution in [1.29, 1.82) is 0 Å². The summed E-state index contributed by atoms with van der Waals surface area (Å²) in [6.07, 6.45) is 6.95. The molecule has 7 rings (SSSR count). The number of aliphatic hydroxyl groups excluding tert-OH is 1. The van der Waals surface area contributed by atoms with E-state index in [0.717, 1.165) is 38.6 Å². The first kappa shape index (κ1) is 30.0. The number of β-amino-alcohol motifs (C(OH)–C–C–N with tert-alkyl or cyclic N) is 1. The minimum absolute atomic E-state index is 0.00315. The number of aromatic hydroxyl groups is 1. The first-order chi connectivity index (χ1) is 21.6. The number of phenolic OH excluding ortho intramolecular Hbond substituents is 1. The summed E-state index contributed by atoms with van der Waals surface area (Å²) in [6.45, 7) is 5.81. The van der Waals surface area contributed by atoms with Crippen LogP contribution in [-0.4, -0.2) is 85.2 Å². The highest BCUT2D eigenvalue weighted by atomic mass is 19.1. The maximum Gasteiger partial charge on any atom is 0.319 e. The van der Waals surface area contributed by atoms with Crippen molar-refractivity contribution in [3.05, 3.63) is 47.7 Å². The maximum absolute atomic E-state index is 16.8. The fourth-order valence-corrected chi connectivity index (χ4v) is 7.95. The molecule has 0 spiro atoms. The van der Waals surface area contributed by atoms with Gasteiger partial charge in [-0.15, -0.1) is 0 Å². The van der Waals surface area contributed by atoms with Crippen molar-refractivity contribution in [3.8, 4) is 23.0 Å². The molecule has 3 aliphatic heterocycles. The number of ether oxygens (including phenoxy) is 1. The molecule has 3 atom stereocenters. The second kappa shape index (κ2) is 11.3. The lowest BCUT2D eigenvalue weighted by Crippen LogP contribution is -2.47. The molecular formula is C34H39F2N5O4. The fraction of sp³-hybridized carbons (Fsp3) is 0.500. The van der Waals surface area contributed by atoms with E-state index < -0.39 is 17.2 Å². The van der Waals surface area contributed by atoms with Gasteiger partial charge in [-0.05, 0) is 92.9 Å². The summed E-state index contributed by atoms with van der Waals surface area (Å²) in [5.74, 6) is -0.806. The number of halogens is 2. The molecule has 0 bridgehead atoms. The predicted molar refractivity (Wildman–Crippen MR) is 168 cm³/mol. The van der Waals surface area contributed by atoms with Gasteiger partial charge in [-0.3, -0.25) is 9.88 Å². The number of pyridine rings is 1. The molecule has 45 heavy (non-hydrogen) atoms. The molecule has 2 aromatic carbocycles. The zero-order chi connectivity index (χ0) is 31.5. The van der Waals surface area contributed by atoms with E-state index in [2.05, 4.69) is 14.9 Å². The molecule has 0 aliphatic carbocycles. The van der Waals surface area contributed by atoms with E-state index in [0.29, 0.717) is 60.1 Å². The van der Waals surface area contributed by atoms with Gasteiger partial charge in [0.2, 0.25) is 0 Å². The molecular weight excluding hydrogens is 580 g/mol. The monoisotopic (exact) mass is 619 g/mol. The van der Waals surface area contributed by atoms with Crippen molar-refractivity contribution < 1.29 is 28.8 Å². The van der Waals surface area contributed by atoms with Crippen LogP contribution in [-0.2, 0) is 6.42 Å². The van der Waals surface area contributed by atoms with Gasteiger partial charge in [0.05, 0.1) is 23.1 Å². The normalized spacial score (nSPS) is 25.4. The van der Waals surface area contributed by atoms with Gasteiger partial charge in [0.15, 0.2) is 5.82 Å². The summed E-state index contributed by atoms with van der Waals surface area (Å²) >= 11 is 0. The lowest BCUT2D eigenvalue weighted by molar-refractivity contribution is 0.0446. The molecule has 2 aromatic heterocycles. The largest absolute Gasteiger partial charge is 0.508 e. The van der Waals surface area contributed by atoms with Gasteiger partial charge < -0.3 is 25.0 Å². The highest BCUT2D eigenvalue weighted by Crippen LogP contribution is 2.43. The van der Waals surface area contributed by atoms with Crippen LogP contribution in [0.25, 0.3) is 32.9 Å². The van der Waals surface area contributed by atoms with Crippen molar-refractivity contribution in [1.82, 2.24) is 19.9 Å². The Morgan fingerprint density at radius 2 is 1.91 bits per heavy atom. The van der Waals surface area contributed by atoms with E-state index in [4.69, 9.17) is 9.72 Å². The van der Waals surface area contributed by atoms with E-state index in [1.165, 1.54) is 24.4 Å². The van der Waals surface area contributed by atoms with Crippen LogP contribution in [0.3, 0.4) is 0 Å². The van der Waals surface area contributed by atoms with Gasteiger partial charge in [-0.25, -0.2) is 8.78 Å². The van der Waals surface area contributed by atoms with Crippen LogP contribution in [0.4, 0.5) is 14.6 Å². The minimum Gasteiger partial charge on any atom is -0.508 e. The Balaban J connectivity index is 1.37. The van der Waals surface area contributed by atoms with Crippen LogP contribution in [0.15, 0.2) is 30.5 Å². The van der Waals surface area contributed by atoms with Crippen LogP contribution in [0.1, 0.15) is 57.9 Å². The Morgan fingerprint density at radius 1 is 1.09 bits per heavy atom. The van der Waals surface area contributed by atoms with E-state index >= 15 is 4.39 Å². The number of nitrogens with zero attached hydrogens (tertiary/aromatic N) is 5. The summed E-state index contributed by atoms with van der Waals surface area (Å²) in [6, 6.07) is 5.97. The molecule has 9 nitrogen and oxygen atoms in total. The van der Waals surface area contributed by atoms with Crippen molar-refractivity contribution in [2.24, 2.45) is 0 Å². The summed E-state index contributed by atoms with van der Waals surface area (Å²) in [5, 5.41) is 32.8. The molecule has 3 saturated heterocycles. The lowest BCUT2D eigenvalue weighted by Gasteiger charge is -2.38. The maximum atomic E-state index is 16.8. The van der Waals surface area contributed by atoms with E-state index in [9.17, 15) is 19.7 Å². The third-order valence-electron chi connectivity index (χ3n) is 10.1. The van der Waals surface area contributed by atoms with E-state index in [1.54, 1.807) is 13.0 Å². The molecule has 5 heterocycles. The Hall–Kier alpha value is -3.67. The fourth-order valence-electron chi connectivity index (χ4n) is 7.95. The Bertz CT molecular complexity index is 1790. The topological polar surface area (TPSA) is 115 Å². The molecule has 238 valence electrons. The number of piperidine rings is 1. The predicted octanol–water partition coefficient (Wildman–Crippen LogP) is 5.11. The first-order valence-corrected chi connectivity index (χ1v) is 15.9. The van der Waals surface area contributed by atoms with Gasteiger partial charge >= 0.3 is 6.01 Å². The Labute approximate surface area is 260 Å². The number of anilines is 1. The third kappa shape index (κ3) is 5.14. The highest BCUT2D eigenvalue weighted by Gasteiger charge is 2.49. The summed E-state index contributed by atoms with van der Waals surface area (Å²) in [5.41, 5.74) is -0.570. The molecule has 0 unspecified atom stereocenters. The highest BCUT2D eigenvalue weighted by molar-refractivity contribution is 6.01. The van der Waals surface area contributed by atoms with Gasteiger partial charge in [0, 0.05) is 30.9 Å². The molecule has 11 heteroatoms. The smallest absolute Gasteiger partial charge is 0.319 e. The summed E-state index contributed by atoms with van der Waals surface area (Å²) in [7, 11) is 0. The van der Waals surface area contributed by atoms with Crippen molar-refractivity contribution in [2.75, 3.05) is 37.7 Å². The van der Waals surface area contributed by atoms with Crippen molar-refractivity contribution in [2.45, 2.75) is 76.0 Å². The van der Waals surface area contributed by atoms with Crippen LogP contribution in [0.2, 0.25) is 0 Å². The van der Waals surface area contributed by atoms with Gasteiger partial charge in [0.25, 0.3) is 0 Å². The quantitative estimate of drug-likeness (QED) is 0.260. The summed E-state index contributed by atoms with van der Waals surface area (Å²) in [4.78, 5) is 18.1. The van der Waals surface area contributed by atoms with Crippen LogP contribution >= 0.6 is 0 Å². The van der Waals surface area contributed by atoms with E-state index in [1.807, 2.05) is 11.8 Å². The number of aliphatic hydroxyl groups is 2. The van der Waals surface area contributed by atoms with E-state index in [-0.39, 0.29) is 46.7 Å². The average molecular weight is 620 g/mol. The van der Waals surface area contributed by atoms with Crippen LogP contribution in [0.5, 0.6) is 11.8 Å². The number of fused-ring (bicyclic) bond motifs is 3. The average Bonchev–Trinajstić information content (AvgIpc) is 3.58. The number of benzene rings is 2. The number of phenols is 1. The number of hydrogen-bond donors (Lipinski definition) is 3. The number of rotatable bonds is 7. The molecule has 3 aliphatic rings. The molecule has 0 radical (unpaired) electrons. The van der Waals surface area contributed by atoms with Gasteiger partial charge in [-0.2, -0.15) is 9.97 Å². The van der Waals surface area contributed by atoms with Crippen LogP contribution < -0.4 is 9.64 Å².